The molecule has 2 saturated heterocycles. The standard InChI is InChI=1S/C26H28ClN7O4S/c1-39(37)22-6-4-20(5-7-22)29-26(36)24-15-21(32-10-12-38-13-11-32)16-33(24)25(35)9-2-18-14-19(27)3-8-23(18)34-17-28-30-31-34/h2-9,14,17,21,24H,10-13,15-16H2,1H3,(H,29,36)/b9-2+. The number of benzene rings is 2. The summed E-state index contributed by atoms with van der Waals surface area (Å²) in [6, 6.07) is 11.5. The van der Waals surface area contributed by atoms with Crippen LogP contribution in [0, 0.1) is 0 Å². The van der Waals surface area contributed by atoms with Gasteiger partial charge in [-0.05, 0) is 76.6 Å². The first-order chi connectivity index (χ1) is 18.9. The number of amides is 2. The zero-order valence-electron chi connectivity index (χ0n) is 21.3. The van der Waals surface area contributed by atoms with Gasteiger partial charge in [0.05, 0.1) is 18.9 Å². The number of anilines is 1. The molecule has 3 aromatic rings. The van der Waals surface area contributed by atoms with Crippen LogP contribution in [0.15, 0.2) is 59.8 Å². The molecular formula is C26H28ClN7O4S. The Morgan fingerprint density at radius 1 is 1.18 bits per heavy atom. The molecule has 2 aliphatic rings. The molecule has 0 spiro atoms. The van der Waals surface area contributed by atoms with Crippen LogP contribution in [-0.4, -0.2) is 97.6 Å². The summed E-state index contributed by atoms with van der Waals surface area (Å²) in [6.07, 6.45) is 6.68. The molecule has 3 atom stereocenters. The molecule has 1 aromatic heterocycles. The normalized spacial score (nSPS) is 20.8. The number of aromatic nitrogens is 4. The maximum Gasteiger partial charge on any atom is 0.247 e. The fourth-order valence-corrected chi connectivity index (χ4v) is 5.56. The van der Waals surface area contributed by atoms with Crippen molar-refractivity contribution >= 4 is 46.4 Å². The highest BCUT2D eigenvalue weighted by Gasteiger charge is 2.41. The molecule has 5 rings (SSSR count). The molecular weight excluding hydrogens is 542 g/mol. The van der Waals surface area contributed by atoms with Crippen molar-refractivity contribution in [3.05, 3.63) is 65.5 Å². The SMILES string of the molecule is C[S+]([O-])c1ccc(NC(=O)C2CC(N3CCOCC3)CN2C(=O)/C=C/c2cc(Cl)ccc2-n2cnnn2)cc1. The van der Waals surface area contributed by atoms with Gasteiger partial charge in [-0.25, -0.2) is 0 Å². The quantitative estimate of drug-likeness (QED) is 0.338. The van der Waals surface area contributed by atoms with E-state index in [4.69, 9.17) is 16.3 Å². The maximum atomic E-state index is 13.5. The van der Waals surface area contributed by atoms with E-state index in [0.717, 1.165) is 13.1 Å². The number of halogens is 1. The average Bonchev–Trinajstić information content (AvgIpc) is 3.64. The monoisotopic (exact) mass is 569 g/mol. The van der Waals surface area contributed by atoms with Gasteiger partial charge < -0.3 is 19.5 Å². The molecule has 39 heavy (non-hydrogen) atoms. The molecule has 2 aromatic carbocycles. The number of rotatable bonds is 7. The lowest BCUT2D eigenvalue weighted by molar-refractivity contribution is -0.132. The van der Waals surface area contributed by atoms with Crippen molar-refractivity contribution in [2.24, 2.45) is 0 Å². The Hall–Kier alpha value is -3.29. The predicted molar refractivity (Wildman–Crippen MR) is 147 cm³/mol. The summed E-state index contributed by atoms with van der Waals surface area (Å²) in [5, 5.41) is 14.7. The van der Waals surface area contributed by atoms with Crippen LogP contribution >= 0.6 is 11.6 Å². The summed E-state index contributed by atoms with van der Waals surface area (Å²) in [5.41, 5.74) is 1.89. The summed E-state index contributed by atoms with van der Waals surface area (Å²) >= 11 is 5.11. The second kappa shape index (κ2) is 12.3. The van der Waals surface area contributed by atoms with Gasteiger partial charge >= 0.3 is 0 Å². The van der Waals surface area contributed by atoms with Crippen LogP contribution in [0.3, 0.4) is 0 Å². The van der Waals surface area contributed by atoms with E-state index < -0.39 is 17.2 Å². The molecule has 0 radical (unpaired) electrons. The molecule has 11 nitrogen and oxygen atoms in total. The topological polar surface area (TPSA) is 129 Å². The lowest BCUT2D eigenvalue weighted by Gasteiger charge is -2.31. The fraction of sp³-hybridized carbons (Fsp3) is 0.346. The third kappa shape index (κ3) is 6.48. The number of nitrogens with zero attached hydrogens (tertiary/aromatic N) is 6. The minimum Gasteiger partial charge on any atom is -0.612 e. The lowest BCUT2D eigenvalue weighted by Crippen LogP contribution is -2.45. The van der Waals surface area contributed by atoms with Gasteiger partial charge in [-0.3, -0.25) is 14.5 Å². The number of hydrogen-bond donors (Lipinski definition) is 1. The predicted octanol–water partition coefficient (Wildman–Crippen LogP) is 2.01. The molecule has 2 fully saturated rings. The summed E-state index contributed by atoms with van der Waals surface area (Å²) in [5.74, 6) is -0.555. The van der Waals surface area contributed by atoms with Gasteiger partial charge in [0.25, 0.3) is 0 Å². The first kappa shape index (κ1) is 27.3. The van der Waals surface area contributed by atoms with Crippen molar-refractivity contribution in [2.45, 2.75) is 23.4 Å². The molecule has 0 saturated carbocycles. The summed E-state index contributed by atoms with van der Waals surface area (Å²) < 4.78 is 18.7. The Morgan fingerprint density at radius 2 is 1.95 bits per heavy atom. The molecule has 0 bridgehead atoms. The van der Waals surface area contributed by atoms with Crippen LogP contribution in [0.5, 0.6) is 0 Å². The zero-order valence-corrected chi connectivity index (χ0v) is 22.8. The second-order valence-corrected chi connectivity index (χ2v) is 11.1. The van der Waals surface area contributed by atoms with E-state index in [1.54, 1.807) is 59.7 Å². The van der Waals surface area contributed by atoms with E-state index in [1.165, 1.54) is 17.1 Å². The Kier molecular flexibility index (Phi) is 8.58. The molecule has 2 aliphatic heterocycles. The first-order valence-corrected chi connectivity index (χ1v) is 14.4. The third-order valence-corrected chi connectivity index (χ3v) is 8.04. The summed E-state index contributed by atoms with van der Waals surface area (Å²) in [4.78, 5) is 31.5. The van der Waals surface area contributed by atoms with E-state index in [-0.39, 0.29) is 17.9 Å². The van der Waals surface area contributed by atoms with Crippen molar-refractivity contribution in [1.29, 1.82) is 0 Å². The Bertz CT molecular complexity index is 1330. The van der Waals surface area contributed by atoms with Crippen molar-refractivity contribution in [1.82, 2.24) is 30.0 Å². The largest absolute Gasteiger partial charge is 0.612 e. The van der Waals surface area contributed by atoms with Crippen molar-refractivity contribution < 1.29 is 18.9 Å². The van der Waals surface area contributed by atoms with E-state index in [1.807, 2.05) is 0 Å². The Morgan fingerprint density at radius 3 is 2.64 bits per heavy atom. The van der Waals surface area contributed by atoms with E-state index in [9.17, 15) is 14.1 Å². The van der Waals surface area contributed by atoms with Gasteiger partial charge in [-0.2, -0.15) is 4.68 Å². The molecule has 3 unspecified atom stereocenters. The van der Waals surface area contributed by atoms with E-state index in [2.05, 4.69) is 25.7 Å². The van der Waals surface area contributed by atoms with Gasteiger partial charge in [-0.15, -0.1) is 5.10 Å². The highest BCUT2D eigenvalue weighted by molar-refractivity contribution is 7.90. The van der Waals surface area contributed by atoms with Crippen LogP contribution in [0.25, 0.3) is 11.8 Å². The first-order valence-electron chi connectivity index (χ1n) is 12.5. The molecule has 13 heteroatoms. The average molecular weight is 570 g/mol. The number of hydrogen-bond acceptors (Lipinski definition) is 8. The van der Waals surface area contributed by atoms with Crippen molar-refractivity contribution in [3.63, 3.8) is 0 Å². The summed E-state index contributed by atoms with van der Waals surface area (Å²) in [7, 11) is 0. The third-order valence-electron chi connectivity index (χ3n) is 6.87. The smallest absolute Gasteiger partial charge is 0.247 e. The number of morpholine rings is 1. The van der Waals surface area contributed by atoms with Crippen LogP contribution in [0.2, 0.25) is 5.02 Å². The van der Waals surface area contributed by atoms with Gasteiger partial charge in [0, 0.05) is 48.0 Å². The van der Waals surface area contributed by atoms with Crippen LogP contribution in [0.4, 0.5) is 5.69 Å². The number of carbonyl (C=O) groups excluding carboxylic acids is 2. The fourth-order valence-electron chi connectivity index (χ4n) is 4.86. The number of tetrazole rings is 1. The highest BCUT2D eigenvalue weighted by Crippen LogP contribution is 2.26. The van der Waals surface area contributed by atoms with Gasteiger partial charge in [0.1, 0.15) is 18.6 Å². The van der Waals surface area contributed by atoms with Crippen molar-refractivity contribution in [2.75, 3.05) is 44.4 Å². The molecule has 3 heterocycles. The number of nitrogens with one attached hydrogen (secondary N) is 1. The second-order valence-electron chi connectivity index (χ2n) is 9.30. The van der Waals surface area contributed by atoms with Crippen LogP contribution < -0.4 is 5.32 Å². The minimum atomic E-state index is -1.11. The number of likely N-dealkylation sites (tertiary alicyclic amines) is 1. The number of carbonyl (C=O) groups is 2. The highest BCUT2D eigenvalue weighted by atomic mass is 35.5. The van der Waals surface area contributed by atoms with Gasteiger partial charge in [0.2, 0.25) is 11.8 Å². The van der Waals surface area contributed by atoms with Crippen LogP contribution in [0.1, 0.15) is 12.0 Å². The van der Waals surface area contributed by atoms with Crippen LogP contribution in [-0.2, 0) is 25.5 Å². The number of ether oxygens (including phenoxy) is 1. The Balaban J connectivity index is 1.36. The molecule has 1 N–H and O–H groups in total. The van der Waals surface area contributed by atoms with Gasteiger partial charge in [-0.1, -0.05) is 11.6 Å². The maximum absolute atomic E-state index is 13.5. The Labute approximate surface area is 233 Å². The van der Waals surface area contributed by atoms with E-state index in [0.29, 0.717) is 53.0 Å². The lowest BCUT2D eigenvalue weighted by atomic mass is 10.1. The zero-order chi connectivity index (χ0) is 27.4. The minimum absolute atomic E-state index is 0.0369. The molecule has 0 aliphatic carbocycles. The molecule has 204 valence electrons. The van der Waals surface area contributed by atoms with E-state index >= 15 is 0 Å². The summed E-state index contributed by atoms with van der Waals surface area (Å²) in [6.45, 7) is 3.18. The van der Waals surface area contributed by atoms with Crippen molar-refractivity contribution in [3.8, 4) is 5.69 Å². The van der Waals surface area contributed by atoms with Gasteiger partial charge in [0.15, 0.2) is 4.90 Å². The molecule has 2 amide bonds.